The van der Waals surface area contributed by atoms with Crippen LogP contribution in [0.1, 0.15) is 6.92 Å². The molecule has 0 spiro atoms. The van der Waals surface area contributed by atoms with E-state index in [2.05, 4.69) is 13.2 Å². The third kappa shape index (κ3) is 27700. The standard InChI is InChI=1S/C3H6.C2H3Cl.ClH/c1-3-2;1-2-3;/h3H,1H2,2H3;2H,1H2;1H. The highest BCUT2D eigenvalue weighted by molar-refractivity contribution is 6.25. The maximum atomic E-state index is 4.76. The Kier molecular flexibility index (Phi) is 82.2. The molecule has 0 amide bonds. The Hall–Kier alpha value is 0.0600. The maximum Gasteiger partial charge on any atom is -0.00296 e. The van der Waals surface area contributed by atoms with Crippen molar-refractivity contribution in [1.82, 2.24) is 0 Å². The van der Waals surface area contributed by atoms with E-state index >= 15 is 0 Å². The summed E-state index contributed by atoms with van der Waals surface area (Å²) in [7, 11) is 0. The third-order valence-electron chi connectivity index (χ3n) is 0. The highest BCUT2D eigenvalue weighted by Crippen LogP contribution is 1.60. The predicted octanol–water partition coefficient (Wildman–Crippen LogP) is 2.98. The van der Waals surface area contributed by atoms with Crippen molar-refractivity contribution in [2.45, 2.75) is 6.92 Å². The van der Waals surface area contributed by atoms with Crippen LogP contribution in [0.3, 0.4) is 0 Å². The van der Waals surface area contributed by atoms with Gasteiger partial charge >= 0.3 is 0 Å². The zero-order valence-electron chi connectivity index (χ0n) is 4.36. The summed E-state index contributed by atoms with van der Waals surface area (Å²) in [6.07, 6.45) is 1.75. The van der Waals surface area contributed by atoms with Crippen LogP contribution in [0.2, 0.25) is 0 Å². The number of halogens is 2. The second-order valence-electron chi connectivity index (χ2n) is 0.563. The predicted molar refractivity (Wildman–Crippen MR) is 39.2 cm³/mol. The lowest BCUT2D eigenvalue weighted by Crippen LogP contribution is -1.07. The Morgan fingerprint density at radius 1 is 1.43 bits per heavy atom. The number of hydrogen-bond acceptors (Lipinski definition) is 0. The molecule has 44 valence electrons. The molecule has 0 fully saturated rings. The van der Waals surface area contributed by atoms with Gasteiger partial charge in [-0.2, -0.15) is 0 Å². The highest BCUT2D eigenvalue weighted by atomic mass is 35.5. The first-order valence-electron chi connectivity index (χ1n) is 1.61. The van der Waals surface area contributed by atoms with Crippen LogP contribution in [0.4, 0.5) is 0 Å². The Bertz CT molecular complexity index is 27.1. The van der Waals surface area contributed by atoms with Gasteiger partial charge in [0.2, 0.25) is 0 Å². The fourth-order valence-corrected chi connectivity index (χ4v) is 0. The molecule has 0 saturated heterocycles. The van der Waals surface area contributed by atoms with Gasteiger partial charge in [-0.15, -0.1) is 19.0 Å². The Morgan fingerprint density at radius 2 is 1.43 bits per heavy atom. The molecule has 0 aromatic rings. The van der Waals surface area contributed by atoms with Gasteiger partial charge in [0.25, 0.3) is 0 Å². The van der Waals surface area contributed by atoms with E-state index in [0.717, 1.165) is 0 Å². The molecule has 0 aliphatic heterocycles. The van der Waals surface area contributed by atoms with Crippen molar-refractivity contribution in [2.75, 3.05) is 0 Å². The van der Waals surface area contributed by atoms with Crippen LogP contribution < -0.4 is 0 Å². The smallest absolute Gasteiger partial charge is 0.00296 e. The van der Waals surface area contributed by atoms with Gasteiger partial charge in [0.15, 0.2) is 0 Å². The van der Waals surface area contributed by atoms with E-state index in [4.69, 9.17) is 11.6 Å². The van der Waals surface area contributed by atoms with E-state index in [0.29, 0.717) is 0 Å². The summed E-state index contributed by atoms with van der Waals surface area (Å²) < 4.78 is 0. The Balaban J connectivity index is -0.0000000400. The number of allylic oxidation sites excluding steroid dienone is 1. The van der Waals surface area contributed by atoms with Gasteiger partial charge in [-0.25, -0.2) is 0 Å². The van der Waals surface area contributed by atoms with Crippen molar-refractivity contribution in [1.29, 1.82) is 0 Å². The number of rotatable bonds is 0. The molecule has 0 aromatic carbocycles. The molecule has 0 heterocycles. The van der Waals surface area contributed by atoms with Crippen molar-refractivity contribution in [3.63, 3.8) is 0 Å². The van der Waals surface area contributed by atoms with Gasteiger partial charge in [0.05, 0.1) is 0 Å². The third-order valence-corrected chi connectivity index (χ3v) is 0. The zero-order valence-corrected chi connectivity index (χ0v) is 5.93. The summed E-state index contributed by atoms with van der Waals surface area (Å²) in [5.74, 6) is 0. The molecule has 0 unspecified atom stereocenters. The highest BCUT2D eigenvalue weighted by Gasteiger charge is 1.18. The molecule has 0 aromatic heterocycles. The first-order valence-corrected chi connectivity index (χ1v) is 2.05. The lowest BCUT2D eigenvalue weighted by molar-refractivity contribution is 1.80. The summed E-state index contributed by atoms with van der Waals surface area (Å²) in [5.41, 5.74) is 1.22. The van der Waals surface area contributed by atoms with Crippen LogP contribution in [0.5, 0.6) is 0 Å². The van der Waals surface area contributed by atoms with Crippen LogP contribution in [-0.2, 0) is 0 Å². The first kappa shape index (κ1) is 15.7. The molecule has 0 nitrogen and oxygen atoms in total. The van der Waals surface area contributed by atoms with E-state index in [1.54, 1.807) is 6.08 Å². The summed E-state index contributed by atoms with van der Waals surface area (Å²) in [5, 5.41) is 0. The van der Waals surface area contributed by atoms with E-state index in [9.17, 15) is 0 Å². The lowest BCUT2D eigenvalue weighted by atomic mass is 10.8. The molecule has 7 heavy (non-hydrogen) atoms. The summed E-state index contributed by atoms with van der Waals surface area (Å²) in [6, 6.07) is 0. The lowest BCUT2D eigenvalue weighted by Gasteiger charge is -1.31. The van der Waals surface area contributed by atoms with Crippen molar-refractivity contribution in [2.24, 2.45) is 0 Å². The van der Waals surface area contributed by atoms with Crippen molar-refractivity contribution >= 4 is 24.0 Å². The van der Waals surface area contributed by atoms with Crippen LogP contribution in [0, 0.1) is 0 Å². The van der Waals surface area contributed by atoms with Gasteiger partial charge in [0, 0.05) is 0 Å². The average molecular weight is 141 g/mol. The van der Waals surface area contributed by atoms with Crippen molar-refractivity contribution < 1.29 is 0 Å². The molecule has 0 bridgehead atoms. The van der Waals surface area contributed by atoms with Gasteiger partial charge in [-0.05, 0) is 12.5 Å². The minimum absolute atomic E-state index is 0. The minimum Gasteiger partial charge on any atom is -0.147 e. The second-order valence-corrected chi connectivity index (χ2v) is 0.871. The summed E-state index contributed by atoms with van der Waals surface area (Å²) in [6.45, 7) is 8.38. The first-order chi connectivity index (χ1) is 2.83. The minimum atomic E-state index is 0. The fraction of sp³-hybridized carbons (Fsp3) is 0.200. The van der Waals surface area contributed by atoms with Gasteiger partial charge in [-0.3, -0.25) is 0 Å². The quantitative estimate of drug-likeness (QED) is 0.455. The molecular formula is C5H10Cl2. The van der Waals surface area contributed by atoms with Crippen molar-refractivity contribution in [3.05, 3.63) is 24.8 Å². The number of hydrogen-bond donors (Lipinski definition) is 0. The van der Waals surface area contributed by atoms with Crippen LogP contribution >= 0.6 is 24.0 Å². The molecule has 2 heteroatoms. The Labute approximate surface area is 56.3 Å². The van der Waals surface area contributed by atoms with Crippen LogP contribution in [0.25, 0.3) is 0 Å². The van der Waals surface area contributed by atoms with Gasteiger partial charge in [-0.1, -0.05) is 24.3 Å². The van der Waals surface area contributed by atoms with Crippen LogP contribution in [-0.4, -0.2) is 0 Å². The SMILES string of the molecule is C=CC.C=CCl.Cl. The van der Waals surface area contributed by atoms with E-state index in [1.807, 2.05) is 6.92 Å². The molecule has 0 atom stereocenters. The molecular weight excluding hydrogens is 131 g/mol. The second kappa shape index (κ2) is 36.6. The summed E-state index contributed by atoms with van der Waals surface area (Å²) in [4.78, 5) is 0. The summed E-state index contributed by atoms with van der Waals surface area (Å²) >= 11 is 4.76. The van der Waals surface area contributed by atoms with E-state index in [1.165, 1.54) is 5.54 Å². The maximum absolute atomic E-state index is 4.76. The topological polar surface area (TPSA) is 0 Å². The monoisotopic (exact) mass is 140 g/mol. The fourth-order valence-electron chi connectivity index (χ4n) is 0. The largest absolute Gasteiger partial charge is 0.147 e. The molecule has 0 radical (unpaired) electrons. The van der Waals surface area contributed by atoms with Crippen LogP contribution in [0.15, 0.2) is 24.8 Å². The van der Waals surface area contributed by atoms with E-state index < -0.39 is 0 Å². The van der Waals surface area contributed by atoms with E-state index in [-0.39, 0.29) is 12.4 Å². The Morgan fingerprint density at radius 3 is 1.43 bits per heavy atom. The normalized spacial score (nSPS) is 3.71. The van der Waals surface area contributed by atoms with Gasteiger partial charge in [0.1, 0.15) is 0 Å². The average Bonchev–Trinajstić information content (AvgIpc) is 1.39. The van der Waals surface area contributed by atoms with Crippen molar-refractivity contribution in [3.8, 4) is 0 Å². The molecule has 0 aliphatic carbocycles. The molecule has 0 rings (SSSR count). The zero-order chi connectivity index (χ0) is 5.41. The molecule has 0 saturated carbocycles. The van der Waals surface area contributed by atoms with Gasteiger partial charge < -0.3 is 0 Å². The molecule has 0 aliphatic rings. The molecule has 0 N–H and O–H groups in total.